The van der Waals surface area contributed by atoms with Crippen LogP contribution in [0.15, 0.2) is 59.7 Å². The van der Waals surface area contributed by atoms with Crippen molar-refractivity contribution in [1.29, 1.82) is 0 Å². The first kappa shape index (κ1) is 16.5. The van der Waals surface area contributed by atoms with Gasteiger partial charge in [0.2, 0.25) is 0 Å². The van der Waals surface area contributed by atoms with E-state index in [1.807, 2.05) is 30.3 Å². The van der Waals surface area contributed by atoms with Crippen LogP contribution in [-0.4, -0.2) is 26.0 Å². The fourth-order valence-corrected chi connectivity index (χ4v) is 2.17. The standard InChI is InChI=1S/C18H21N3O2/c1-3-21(14-16-7-5-4-6-8-16)17-11-9-15(10-12-17)13-19-20-18(22)23-2/h4-13H,3,14H2,1-2H3,(H,20,22). The highest BCUT2D eigenvalue weighted by molar-refractivity contribution is 5.81. The minimum Gasteiger partial charge on any atom is -0.452 e. The van der Waals surface area contributed by atoms with Gasteiger partial charge in [0.25, 0.3) is 0 Å². The molecule has 0 aromatic heterocycles. The molecule has 23 heavy (non-hydrogen) atoms. The van der Waals surface area contributed by atoms with Gasteiger partial charge in [0.1, 0.15) is 0 Å². The average Bonchev–Trinajstić information content (AvgIpc) is 2.61. The third kappa shape index (κ3) is 5.14. The number of methoxy groups -OCH3 is 1. The molecule has 0 aliphatic heterocycles. The van der Waals surface area contributed by atoms with Crippen molar-refractivity contribution < 1.29 is 9.53 Å². The Morgan fingerprint density at radius 2 is 1.87 bits per heavy atom. The second-order valence-corrected chi connectivity index (χ2v) is 4.95. The Bertz CT molecular complexity index is 639. The Morgan fingerprint density at radius 1 is 1.17 bits per heavy atom. The highest BCUT2D eigenvalue weighted by Gasteiger charge is 2.05. The van der Waals surface area contributed by atoms with E-state index in [4.69, 9.17) is 0 Å². The highest BCUT2D eigenvalue weighted by Crippen LogP contribution is 2.17. The number of amides is 1. The monoisotopic (exact) mass is 311 g/mol. The number of anilines is 1. The zero-order chi connectivity index (χ0) is 16.5. The van der Waals surface area contributed by atoms with E-state index in [1.54, 1.807) is 6.21 Å². The van der Waals surface area contributed by atoms with Crippen LogP contribution in [-0.2, 0) is 11.3 Å². The van der Waals surface area contributed by atoms with Crippen LogP contribution in [0.1, 0.15) is 18.1 Å². The van der Waals surface area contributed by atoms with Crippen molar-refractivity contribution in [3.8, 4) is 0 Å². The number of nitrogens with one attached hydrogen (secondary N) is 1. The molecule has 0 unspecified atom stereocenters. The molecular formula is C18H21N3O2. The van der Waals surface area contributed by atoms with Crippen LogP contribution in [0.25, 0.3) is 0 Å². The minimum atomic E-state index is -0.585. The van der Waals surface area contributed by atoms with E-state index in [1.165, 1.54) is 12.7 Å². The molecule has 5 nitrogen and oxygen atoms in total. The maximum Gasteiger partial charge on any atom is 0.427 e. The van der Waals surface area contributed by atoms with Gasteiger partial charge in [0, 0.05) is 18.8 Å². The Hall–Kier alpha value is -2.82. The predicted octanol–water partition coefficient (Wildman–Crippen LogP) is 3.40. The first-order valence-corrected chi connectivity index (χ1v) is 7.49. The van der Waals surface area contributed by atoms with Crippen LogP contribution in [0.2, 0.25) is 0 Å². The summed E-state index contributed by atoms with van der Waals surface area (Å²) in [5, 5.41) is 3.81. The summed E-state index contributed by atoms with van der Waals surface area (Å²) in [5.74, 6) is 0. The summed E-state index contributed by atoms with van der Waals surface area (Å²) in [6, 6.07) is 18.4. The van der Waals surface area contributed by atoms with Crippen LogP contribution < -0.4 is 10.3 Å². The van der Waals surface area contributed by atoms with E-state index in [2.05, 4.69) is 51.4 Å². The molecule has 0 atom stereocenters. The quantitative estimate of drug-likeness (QED) is 0.657. The van der Waals surface area contributed by atoms with E-state index < -0.39 is 6.09 Å². The summed E-state index contributed by atoms with van der Waals surface area (Å²) in [7, 11) is 1.30. The van der Waals surface area contributed by atoms with Crippen molar-refractivity contribution in [3.05, 3.63) is 65.7 Å². The molecule has 0 aliphatic rings. The summed E-state index contributed by atoms with van der Waals surface area (Å²) < 4.78 is 4.44. The lowest BCUT2D eigenvalue weighted by Gasteiger charge is -2.23. The first-order chi connectivity index (χ1) is 11.2. The SMILES string of the molecule is CCN(Cc1ccccc1)c1ccc(C=NNC(=O)OC)cc1. The van der Waals surface area contributed by atoms with Crippen LogP contribution in [0.4, 0.5) is 10.5 Å². The van der Waals surface area contributed by atoms with Gasteiger partial charge in [-0.3, -0.25) is 0 Å². The Balaban J connectivity index is 2.00. The number of carbonyl (C=O) groups is 1. The second-order valence-electron chi connectivity index (χ2n) is 4.95. The largest absolute Gasteiger partial charge is 0.452 e. The molecule has 2 aromatic rings. The van der Waals surface area contributed by atoms with Crippen molar-refractivity contribution in [2.24, 2.45) is 5.10 Å². The molecule has 0 spiro atoms. The number of carbonyl (C=O) groups excluding carboxylic acids is 1. The molecular weight excluding hydrogens is 290 g/mol. The Kier molecular flexibility index (Phi) is 6.17. The maximum absolute atomic E-state index is 10.9. The Morgan fingerprint density at radius 3 is 2.48 bits per heavy atom. The third-order valence-electron chi connectivity index (χ3n) is 3.41. The lowest BCUT2D eigenvalue weighted by molar-refractivity contribution is 0.171. The van der Waals surface area contributed by atoms with Crippen molar-refractivity contribution in [2.75, 3.05) is 18.6 Å². The average molecular weight is 311 g/mol. The molecule has 0 heterocycles. The summed E-state index contributed by atoms with van der Waals surface area (Å²) in [4.78, 5) is 13.2. The van der Waals surface area contributed by atoms with Crippen molar-refractivity contribution in [2.45, 2.75) is 13.5 Å². The summed E-state index contributed by atoms with van der Waals surface area (Å²) in [6.45, 7) is 3.93. The zero-order valence-electron chi connectivity index (χ0n) is 13.4. The van der Waals surface area contributed by atoms with Gasteiger partial charge in [-0.25, -0.2) is 10.2 Å². The number of hydrogen-bond acceptors (Lipinski definition) is 4. The van der Waals surface area contributed by atoms with Crippen molar-refractivity contribution in [1.82, 2.24) is 5.43 Å². The van der Waals surface area contributed by atoms with Gasteiger partial charge in [-0.1, -0.05) is 42.5 Å². The first-order valence-electron chi connectivity index (χ1n) is 7.49. The highest BCUT2D eigenvalue weighted by atomic mass is 16.5. The zero-order valence-corrected chi connectivity index (χ0v) is 13.4. The molecule has 2 rings (SSSR count). The molecule has 0 saturated carbocycles. The Labute approximate surface area is 136 Å². The van der Waals surface area contributed by atoms with Gasteiger partial charge in [0.05, 0.1) is 13.3 Å². The lowest BCUT2D eigenvalue weighted by atomic mass is 10.1. The lowest BCUT2D eigenvalue weighted by Crippen LogP contribution is -2.21. The normalized spacial score (nSPS) is 10.5. The number of ether oxygens (including phenoxy) is 1. The van der Waals surface area contributed by atoms with Crippen molar-refractivity contribution >= 4 is 18.0 Å². The molecule has 0 radical (unpaired) electrons. The molecule has 0 saturated heterocycles. The molecule has 5 heteroatoms. The number of benzene rings is 2. The fraction of sp³-hybridized carbons (Fsp3) is 0.222. The third-order valence-corrected chi connectivity index (χ3v) is 3.41. The summed E-state index contributed by atoms with van der Waals surface area (Å²) in [5.41, 5.74) is 5.59. The molecule has 1 amide bonds. The van der Waals surface area contributed by atoms with Gasteiger partial charge < -0.3 is 9.64 Å². The van der Waals surface area contributed by atoms with E-state index >= 15 is 0 Å². The van der Waals surface area contributed by atoms with E-state index in [-0.39, 0.29) is 0 Å². The smallest absolute Gasteiger partial charge is 0.427 e. The number of hydrogen-bond donors (Lipinski definition) is 1. The molecule has 120 valence electrons. The number of hydrazone groups is 1. The molecule has 1 N–H and O–H groups in total. The topological polar surface area (TPSA) is 53.9 Å². The minimum absolute atomic E-state index is 0.585. The van der Waals surface area contributed by atoms with Crippen LogP contribution in [0.5, 0.6) is 0 Å². The van der Waals surface area contributed by atoms with Crippen LogP contribution >= 0.6 is 0 Å². The van der Waals surface area contributed by atoms with Crippen LogP contribution in [0, 0.1) is 0 Å². The number of rotatable bonds is 6. The predicted molar refractivity (Wildman–Crippen MR) is 92.7 cm³/mol. The molecule has 0 fully saturated rings. The van der Waals surface area contributed by atoms with Gasteiger partial charge in [-0.2, -0.15) is 5.10 Å². The van der Waals surface area contributed by atoms with Gasteiger partial charge in [-0.05, 0) is 30.2 Å². The molecule has 0 aliphatic carbocycles. The van der Waals surface area contributed by atoms with E-state index in [0.29, 0.717) is 0 Å². The molecule has 2 aromatic carbocycles. The van der Waals surface area contributed by atoms with Gasteiger partial charge >= 0.3 is 6.09 Å². The summed E-state index contributed by atoms with van der Waals surface area (Å²) >= 11 is 0. The van der Waals surface area contributed by atoms with E-state index in [9.17, 15) is 4.79 Å². The van der Waals surface area contributed by atoms with Gasteiger partial charge in [-0.15, -0.1) is 0 Å². The van der Waals surface area contributed by atoms with Crippen LogP contribution in [0.3, 0.4) is 0 Å². The fourth-order valence-electron chi connectivity index (χ4n) is 2.17. The maximum atomic E-state index is 10.9. The summed E-state index contributed by atoms with van der Waals surface area (Å²) in [6.07, 6.45) is 0.992. The number of nitrogens with zero attached hydrogens (tertiary/aromatic N) is 2. The molecule has 0 bridgehead atoms. The van der Waals surface area contributed by atoms with E-state index in [0.717, 1.165) is 24.3 Å². The van der Waals surface area contributed by atoms with Crippen molar-refractivity contribution in [3.63, 3.8) is 0 Å². The second kappa shape index (κ2) is 8.58. The van der Waals surface area contributed by atoms with Gasteiger partial charge in [0.15, 0.2) is 0 Å².